The highest BCUT2D eigenvalue weighted by molar-refractivity contribution is 5.98. The first-order chi connectivity index (χ1) is 18.2. The molecule has 9 nitrogen and oxygen atoms in total. The molecule has 2 aromatic heterocycles. The van der Waals surface area contributed by atoms with Gasteiger partial charge in [-0.1, -0.05) is 24.3 Å². The number of benzene rings is 2. The number of para-hydroxylation sites is 1. The maximum atomic E-state index is 12.7. The van der Waals surface area contributed by atoms with E-state index in [2.05, 4.69) is 15.3 Å². The van der Waals surface area contributed by atoms with Crippen LogP contribution in [-0.4, -0.2) is 56.2 Å². The van der Waals surface area contributed by atoms with Gasteiger partial charge in [0, 0.05) is 37.3 Å². The summed E-state index contributed by atoms with van der Waals surface area (Å²) in [6, 6.07) is 18.0. The molecule has 1 amide bonds. The van der Waals surface area contributed by atoms with Crippen molar-refractivity contribution in [2.75, 3.05) is 25.4 Å². The highest BCUT2D eigenvalue weighted by Gasteiger charge is 2.30. The number of ether oxygens (including phenoxy) is 1. The zero-order valence-corrected chi connectivity index (χ0v) is 20.5. The molecule has 3 N–H and O–H groups in total. The molecule has 3 heterocycles. The van der Waals surface area contributed by atoms with Gasteiger partial charge < -0.3 is 20.7 Å². The van der Waals surface area contributed by atoms with Crippen molar-refractivity contribution in [2.45, 2.75) is 31.3 Å². The van der Waals surface area contributed by atoms with Crippen LogP contribution in [0.1, 0.15) is 25.3 Å². The van der Waals surface area contributed by atoms with Gasteiger partial charge in [0.1, 0.15) is 29.3 Å². The van der Waals surface area contributed by atoms with Crippen LogP contribution in [0, 0.1) is 0 Å². The normalized spacial score (nSPS) is 17.6. The van der Waals surface area contributed by atoms with Gasteiger partial charge in [-0.05, 0) is 55.7 Å². The van der Waals surface area contributed by atoms with Crippen LogP contribution >= 0.6 is 0 Å². The molecule has 188 valence electrons. The summed E-state index contributed by atoms with van der Waals surface area (Å²) in [6.07, 6.45) is 8.30. The molecule has 1 saturated heterocycles. The van der Waals surface area contributed by atoms with Crippen LogP contribution in [0.3, 0.4) is 0 Å². The van der Waals surface area contributed by atoms with E-state index in [4.69, 9.17) is 15.6 Å². The standard InChI is InChI=1S/C28H29N7O2/c29-27-25-26(19-8-12-23(13-9-19)37-22-5-2-1-3-6-22)33-35(28(25)32-18-31-27)21-14-16-34(17-21)24(36)7-4-15-30-20-10-11-20/h1-9,12-13,18,20-21,30H,10-11,14-17H2,(H2,29,31,32)/b7-4+/t21-/m1/s1. The van der Waals surface area contributed by atoms with Crippen molar-refractivity contribution in [1.29, 1.82) is 0 Å². The third kappa shape index (κ3) is 5.03. The topological polar surface area (TPSA) is 111 Å². The van der Waals surface area contributed by atoms with Gasteiger partial charge in [-0.2, -0.15) is 5.10 Å². The summed E-state index contributed by atoms with van der Waals surface area (Å²) in [5.41, 5.74) is 8.58. The van der Waals surface area contributed by atoms with Crippen molar-refractivity contribution in [3.05, 3.63) is 73.1 Å². The van der Waals surface area contributed by atoms with Crippen molar-refractivity contribution in [3.63, 3.8) is 0 Å². The zero-order chi connectivity index (χ0) is 25.2. The summed E-state index contributed by atoms with van der Waals surface area (Å²) in [4.78, 5) is 23.3. The van der Waals surface area contributed by atoms with E-state index >= 15 is 0 Å². The molecular weight excluding hydrogens is 466 g/mol. The van der Waals surface area contributed by atoms with Crippen LogP contribution in [0.5, 0.6) is 11.5 Å². The molecule has 2 aliphatic rings. The highest BCUT2D eigenvalue weighted by Crippen LogP contribution is 2.35. The Morgan fingerprint density at radius 3 is 2.62 bits per heavy atom. The van der Waals surface area contributed by atoms with Crippen LogP contribution in [0.2, 0.25) is 0 Å². The molecule has 0 unspecified atom stereocenters. The van der Waals surface area contributed by atoms with E-state index < -0.39 is 0 Å². The fourth-order valence-corrected chi connectivity index (χ4v) is 4.69. The minimum absolute atomic E-state index is 0.00757. The summed E-state index contributed by atoms with van der Waals surface area (Å²) in [5, 5.41) is 9.05. The predicted octanol–water partition coefficient (Wildman–Crippen LogP) is 3.95. The monoisotopic (exact) mass is 495 g/mol. The third-order valence-electron chi connectivity index (χ3n) is 6.81. The first kappa shape index (κ1) is 23.2. The largest absolute Gasteiger partial charge is 0.457 e. The van der Waals surface area contributed by atoms with Crippen LogP contribution in [0.15, 0.2) is 73.1 Å². The van der Waals surface area contributed by atoms with Gasteiger partial charge in [0.25, 0.3) is 0 Å². The molecule has 9 heteroatoms. The minimum Gasteiger partial charge on any atom is -0.457 e. The van der Waals surface area contributed by atoms with Crippen molar-refractivity contribution in [1.82, 2.24) is 30.0 Å². The number of hydrogen-bond acceptors (Lipinski definition) is 7. The van der Waals surface area contributed by atoms with Crippen molar-refractivity contribution >= 4 is 22.8 Å². The lowest BCUT2D eigenvalue weighted by molar-refractivity contribution is -0.125. The molecule has 1 atom stereocenters. The lowest BCUT2D eigenvalue weighted by Crippen LogP contribution is -2.28. The number of fused-ring (bicyclic) bond motifs is 1. The van der Waals surface area contributed by atoms with Gasteiger partial charge in [0.05, 0.1) is 11.4 Å². The Labute approximate surface area is 215 Å². The number of amides is 1. The van der Waals surface area contributed by atoms with Gasteiger partial charge in [-0.3, -0.25) is 4.79 Å². The average molecular weight is 496 g/mol. The number of carbonyl (C=O) groups is 1. The Hall–Kier alpha value is -4.24. The summed E-state index contributed by atoms with van der Waals surface area (Å²) >= 11 is 0. The summed E-state index contributed by atoms with van der Waals surface area (Å²) < 4.78 is 7.83. The molecule has 2 fully saturated rings. The summed E-state index contributed by atoms with van der Waals surface area (Å²) in [6.45, 7) is 1.97. The zero-order valence-electron chi connectivity index (χ0n) is 20.5. The molecule has 1 aliphatic heterocycles. The Balaban J connectivity index is 1.22. The van der Waals surface area contributed by atoms with Crippen molar-refractivity contribution < 1.29 is 9.53 Å². The molecule has 37 heavy (non-hydrogen) atoms. The minimum atomic E-state index is 0.00757. The number of likely N-dealkylation sites (tertiary alicyclic amines) is 1. The van der Waals surface area contributed by atoms with Gasteiger partial charge in [-0.25, -0.2) is 14.6 Å². The number of carbonyl (C=O) groups excluding carboxylic acids is 1. The van der Waals surface area contributed by atoms with Crippen LogP contribution < -0.4 is 15.8 Å². The molecule has 2 aromatic carbocycles. The van der Waals surface area contributed by atoms with E-state index in [9.17, 15) is 4.79 Å². The number of nitrogen functional groups attached to an aromatic ring is 1. The Morgan fingerprint density at radius 1 is 1.05 bits per heavy atom. The fraction of sp³-hybridized carbons (Fsp3) is 0.286. The number of nitrogens with zero attached hydrogens (tertiary/aromatic N) is 5. The van der Waals surface area contributed by atoms with E-state index in [0.29, 0.717) is 30.6 Å². The van der Waals surface area contributed by atoms with E-state index in [1.807, 2.05) is 70.3 Å². The Kier molecular flexibility index (Phi) is 6.28. The van der Waals surface area contributed by atoms with E-state index in [1.54, 1.807) is 6.08 Å². The van der Waals surface area contributed by atoms with E-state index in [1.165, 1.54) is 19.2 Å². The smallest absolute Gasteiger partial charge is 0.246 e. The highest BCUT2D eigenvalue weighted by atomic mass is 16.5. The number of rotatable bonds is 8. The van der Waals surface area contributed by atoms with Crippen molar-refractivity contribution in [3.8, 4) is 22.8 Å². The first-order valence-electron chi connectivity index (χ1n) is 12.7. The molecule has 1 aliphatic carbocycles. The van der Waals surface area contributed by atoms with E-state index in [0.717, 1.165) is 41.1 Å². The number of nitrogens with two attached hydrogens (primary N) is 1. The van der Waals surface area contributed by atoms with E-state index in [-0.39, 0.29) is 11.9 Å². The number of hydrogen-bond donors (Lipinski definition) is 2. The molecule has 6 rings (SSSR count). The van der Waals surface area contributed by atoms with Gasteiger partial charge >= 0.3 is 0 Å². The second-order valence-electron chi connectivity index (χ2n) is 9.50. The lowest BCUT2D eigenvalue weighted by Gasteiger charge is -2.15. The third-order valence-corrected chi connectivity index (χ3v) is 6.81. The van der Waals surface area contributed by atoms with Gasteiger partial charge in [-0.15, -0.1) is 0 Å². The summed E-state index contributed by atoms with van der Waals surface area (Å²) in [7, 11) is 0. The van der Waals surface area contributed by atoms with Gasteiger partial charge in [0.15, 0.2) is 5.65 Å². The van der Waals surface area contributed by atoms with Crippen LogP contribution in [-0.2, 0) is 4.79 Å². The maximum Gasteiger partial charge on any atom is 0.246 e. The average Bonchev–Trinajstić information content (AvgIpc) is 3.46. The second-order valence-corrected chi connectivity index (χ2v) is 9.50. The molecule has 0 radical (unpaired) electrons. The molecule has 0 spiro atoms. The SMILES string of the molecule is Nc1ncnc2c1c(-c1ccc(Oc3ccccc3)cc1)nn2[C@@H]1CCN(C(=O)/C=C/CNC2CC2)C1. The molecular formula is C28H29N7O2. The lowest BCUT2D eigenvalue weighted by atomic mass is 10.1. The predicted molar refractivity (Wildman–Crippen MR) is 142 cm³/mol. The molecule has 0 bridgehead atoms. The fourth-order valence-electron chi connectivity index (χ4n) is 4.69. The number of aromatic nitrogens is 4. The maximum absolute atomic E-state index is 12.7. The summed E-state index contributed by atoms with van der Waals surface area (Å²) in [5.74, 6) is 1.91. The number of anilines is 1. The first-order valence-corrected chi connectivity index (χ1v) is 12.7. The number of nitrogens with one attached hydrogen (secondary N) is 1. The molecule has 4 aromatic rings. The van der Waals surface area contributed by atoms with Crippen LogP contribution in [0.25, 0.3) is 22.3 Å². The Bertz CT molecular complexity index is 1430. The van der Waals surface area contributed by atoms with Crippen molar-refractivity contribution in [2.24, 2.45) is 0 Å². The van der Waals surface area contributed by atoms with Crippen LogP contribution in [0.4, 0.5) is 5.82 Å². The Morgan fingerprint density at radius 2 is 1.84 bits per heavy atom. The quantitative estimate of drug-likeness (QED) is 0.356. The second kappa shape index (κ2) is 10.0. The van der Waals surface area contributed by atoms with Gasteiger partial charge in [0.2, 0.25) is 5.91 Å². The molecule has 1 saturated carbocycles.